The molecule has 2 heteroatoms. The third-order valence-corrected chi connectivity index (χ3v) is 3.50. The van der Waals surface area contributed by atoms with E-state index in [1.54, 1.807) is 6.20 Å². The van der Waals surface area contributed by atoms with Gasteiger partial charge in [-0.2, -0.15) is 0 Å². The number of para-hydroxylation sites is 1. The number of hydrogen-bond acceptors (Lipinski definition) is 2. The number of hydrogen-bond donors (Lipinski definition) is 0. The summed E-state index contributed by atoms with van der Waals surface area (Å²) in [5, 5.41) is 0.993. The number of aryl methyl sites for hydroxylation is 1. The van der Waals surface area contributed by atoms with Gasteiger partial charge in [-0.3, -0.25) is 9.78 Å². The molecule has 0 N–H and O–H groups in total. The lowest BCUT2D eigenvalue weighted by molar-refractivity contribution is 0.103. The van der Waals surface area contributed by atoms with E-state index in [-0.39, 0.29) is 5.78 Å². The molecule has 0 saturated heterocycles. The zero-order valence-electron chi connectivity index (χ0n) is 11.3. The van der Waals surface area contributed by atoms with E-state index in [0.29, 0.717) is 5.56 Å². The average Bonchev–Trinajstić information content (AvgIpc) is 2.53. The summed E-state index contributed by atoms with van der Waals surface area (Å²) < 4.78 is 0. The predicted molar refractivity (Wildman–Crippen MR) is 81.0 cm³/mol. The molecule has 0 aliphatic rings. The summed E-state index contributed by atoms with van der Waals surface area (Å²) >= 11 is 0. The number of benzene rings is 2. The molecule has 0 saturated carbocycles. The van der Waals surface area contributed by atoms with Crippen LogP contribution in [-0.4, -0.2) is 10.8 Å². The van der Waals surface area contributed by atoms with Crippen LogP contribution in [0.15, 0.2) is 60.8 Å². The van der Waals surface area contributed by atoms with E-state index in [2.05, 4.69) is 11.9 Å². The normalized spacial score (nSPS) is 10.7. The van der Waals surface area contributed by atoms with E-state index < -0.39 is 0 Å². The van der Waals surface area contributed by atoms with E-state index in [0.717, 1.165) is 28.5 Å². The fourth-order valence-electron chi connectivity index (χ4n) is 2.40. The van der Waals surface area contributed by atoms with Crippen molar-refractivity contribution in [3.8, 4) is 0 Å². The Morgan fingerprint density at radius 3 is 2.65 bits per heavy atom. The van der Waals surface area contributed by atoms with E-state index in [1.807, 2.05) is 54.6 Å². The van der Waals surface area contributed by atoms with Crippen molar-refractivity contribution in [1.82, 2.24) is 4.98 Å². The minimum absolute atomic E-state index is 0.0423. The maximum absolute atomic E-state index is 12.6. The van der Waals surface area contributed by atoms with Gasteiger partial charge in [0.25, 0.3) is 0 Å². The number of nitrogens with zero attached hydrogens (tertiary/aromatic N) is 1. The Hall–Kier alpha value is -2.48. The molecule has 1 aromatic heterocycles. The Morgan fingerprint density at radius 2 is 1.80 bits per heavy atom. The quantitative estimate of drug-likeness (QED) is 0.666. The highest BCUT2D eigenvalue weighted by Gasteiger charge is 2.13. The third kappa shape index (κ3) is 2.21. The lowest BCUT2D eigenvalue weighted by Crippen LogP contribution is -2.05. The molecule has 0 aliphatic heterocycles. The van der Waals surface area contributed by atoms with Gasteiger partial charge in [-0.15, -0.1) is 0 Å². The molecule has 3 rings (SSSR count). The Morgan fingerprint density at radius 1 is 1.05 bits per heavy atom. The van der Waals surface area contributed by atoms with Gasteiger partial charge >= 0.3 is 0 Å². The third-order valence-electron chi connectivity index (χ3n) is 3.50. The molecule has 1 heterocycles. The number of ketones is 1. The van der Waals surface area contributed by atoms with Crippen LogP contribution in [-0.2, 0) is 6.42 Å². The lowest BCUT2D eigenvalue weighted by atomic mass is 9.97. The molecule has 0 radical (unpaired) electrons. The first-order valence-corrected chi connectivity index (χ1v) is 6.77. The molecule has 0 amide bonds. The summed E-state index contributed by atoms with van der Waals surface area (Å²) in [5.41, 5.74) is 3.40. The van der Waals surface area contributed by atoms with Crippen LogP contribution >= 0.6 is 0 Å². The highest BCUT2D eigenvalue weighted by Crippen LogP contribution is 2.18. The fourth-order valence-corrected chi connectivity index (χ4v) is 2.40. The van der Waals surface area contributed by atoms with Crippen molar-refractivity contribution in [2.75, 3.05) is 0 Å². The maximum Gasteiger partial charge on any atom is 0.194 e. The Labute approximate surface area is 118 Å². The summed E-state index contributed by atoms with van der Waals surface area (Å²) in [4.78, 5) is 17.0. The van der Waals surface area contributed by atoms with Crippen molar-refractivity contribution in [1.29, 1.82) is 0 Å². The molecule has 0 aliphatic carbocycles. The summed E-state index contributed by atoms with van der Waals surface area (Å²) in [7, 11) is 0. The molecule has 98 valence electrons. The van der Waals surface area contributed by atoms with Gasteiger partial charge in [0.05, 0.1) is 5.52 Å². The molecule has 2 nitrogen and oxygen atoms in total. The Kier molecular flexibility index (Phi) is 3.30. The standard InChI is InChI=1S/C18H15NO/c1-2-13-7-3-5-9-16(13)18(20)15-11-14-8-4-6-10-17(14)19-12-15/h3-12H,2H2,1H3. The van der Waals surface area contributed by atoms with Crippen LogP contribution in [0.4, 0.5) is 0 Å². The van der Waals surface area contributed by atoms with E-state index >= 15 is 0 Å². The monoisotopic (exact) mass is 261 g/mol. The van der Waals surface area contributed by atoms with Gasteiger partial charge in [-0.05, 0) is 24.1 Å². The van der Waals surface area contributed by atoms with Crippen LogP contribution < -0.4 is 0 Å². The van der Waals surface area contributed by atoms with Gasteiger partial charge in [0, 0.05) is 22.7 Å². The topological polar surface area (TPSA) is 30.0 Å². The molecule has 0 spiro atoms. The van der Waals surface area contributed by atoms with Crippen LogP contribution in [0.5, 0.6) is 0 Å². The molecular weight excluding hydrogens is 246 g/mol. The van der Waals surface area contributed by atoms with Crippen LogP contribution in [0.25, 0.3) is 10.9 Å². The molecule has 0 unspecified atom stereocenters. The molecule has 20 heavy (non-hydrogen) atoms. The van der Waals surface area contributed by atoms with Crippen molar-refractivity contribution >= 4 is 16.7 Å². The summed E-state index contributed by atoms with van der Waals surface area (Å²) in [6.45, 7) is 2.06. The van der Waals surface area contributed by atoms with Crippen molar-refractivity contribution < 1.29 is 4.79 Å². The second kappa shape index (κ2) is 5.25. The number of carbonyl (C=O) groups is 1. The fraction of sp³-hybridized carbons (Fsp3) is 0.111. The van der Waals surface area contributed by atoms with E-state index in [4.69, 9.17) is 0 Å². The zero-order chi connectivity index (χ0) is 13.9. The van der Waals surface area contributed by atoms with Crippen molar-refractivity contribution in [3.63, 3.8) is 0 Å². The number of pyridine rings is 1. The summed E-state index contributed by atoms with van der Waals surface area (Å²) in [6, 6.07) is 17.5. The SMILES string of the molecule is CCc1ccccc1C(=O)c1cnc2ccccc2c1. The van der Waals surface area contributed by atoms with Crippen LogP contribution in [0.1, 0.15) is 28.4 Å². The Balaban J connectivity index is 2.08. The van der Waals surface area contributed by atoms with Crippen molar-refractivity contribution in [3.05, 3.63) is 77.5 Å². The summed E-state index contributed by atoms with van der Waals surface area (Å²) in [5.74, 6) is 0.0423. The van der Waals surface area contributed by atoms with Crippen LogP contribution in [0.3, 0.4) is 0 Å². The highest BCUT2D eigenvalue weighted by molar-refractivity contribution is 6.11. The maximum atomic E-state index is 12.6. The number of carbonyl (C=O) groups excluding carboxylic acids is 1. The zero-order valence-corrected chi connectivity index (χ0v) is 11.3. The number of aromatic nitrogens is 1. The lowest BCUT2D eigenvalue weighted by Gasteiger charge is -2.07. The van der Waals surface area contributed by atoms with Gasteiger partial charge in [-0.25, -0.2) is 0 Å². The van der Waals surface area contributed by atoms with Gasteiger partial charge in [0.1, 0.15) is 0 Å². The second-order valence-corrected chi connectivity index (χ2v) is 4.76. The Bertz CT molecular complexity index is 777. The van der Waals surface area contributed by atoms with E-state index in [1.165, 1.54) is 0 Å². The smallest absolute Gasteiger partial charge is 0.194 e. The van der Waals surface area contributed by atoms with Gasteiger partial charge in [0.2, 0.25) is 0 Å². The number of rotatable bonds is 3. The van der Waals surface area contributed by atoms with Crippen LogP contribution in [0.2, 0.25) is 0 Å². The van der Waals surface area contributed by atoms with Crippen molar-refractivity contribution in [2.45, 2.75) is 13.3 Å². The molecule has 2 aromatic carbocycles. The van der Waals surface area contributed by atoms with Crippen molar-refractivity contribution in [2.24, 2.45) is 0 Å². The number of fused-ring (bicyclic) bond motifs is 1. The molecular formula is C18H15NO. The van der Waals surface area contributed by atoms with E-state index in [9.17, 15) is 4.79 Å². The first kappa shape index (κ1) is 12.5. The molecule has 0 atom stereocenters. The molecule has 0 fully saturated rings. The highest BCUT2D eigenvalue weighted by atomic mass is 16.1. The second-order valence-electron chi connectivity index (χ2n) is 4.76. The molecule has 0 bridgehead atoms. The predicted octanol–water partition coefficient (Wildman–Crippen LogP) is 4.03. The van der Waals surface area contributed by atoms with Gasteiger partial charge < -0.3 is 0 Å². The largest absolute Gasteiger partial charge is 0.289 e. The minimum Gasteiger partial charge on any atom is -0.289 e. The first-order valence-electron chi connectivity index (χ1n) is 6.77. The molecule has 3 aromatic rings. The van der Waals surface area contributed by atoms with Gasteiger partial charge in [0.15, 0.2) is 5.78 Å². The first-order chi connectivity index (χ1) is 9.79. The van der Waals surface area contributed by atoms with Gasteiger partial charge in [-0.1, -0.05) is 49.4 Å². The summed E-state index contributed by atoms with van der Waals surface area (Å²) in [6.07, 6.45) is 2.51. The van der Waals surface area contributed by atoms with Crippen LogP contribution in [0, 0.1) is 0 Å². The minimum atomic E-state index is 0.0423. The average molecular weight is 261 g/mol.